The maximum absolute atomic E-state index is 9.55. The Morgan fingerprint density at radius 3 is 2.79 bits per heavy atom. The third-order valence-corrected chi connectivity index (χ3v) is 2.78. The molecule has 14 heavy (non-hydrogen) atoms. The minimum atomic E-state index is -0.0943. The van der Waals surface area contributed by atoms with Gasteiger partial charge in [-0.3, -0.25) is 0 Å². The van der Waals surface area contributed by atoms with Crippen LogP contribution in [0.15, 0.2) is 12.7 Å². The molecular formula is C12H23NO. The Morgan fingerprint density at radius 1 is 1.36 bits per heavy atom. The molecule has 0 amide bonds. The summed E-state index contributed by atoms with van der Waals surface area (Å²) in [5.41, 5.74) is 0. The highest BCUT2D eigenvalue weighted by atomic mass is 16.3. The van der Waals surface area contributed by atoms with Gasteiger partial charge in [0, 0.05) is 6.54 Å². The lowest BCUT2D eigenvalue weighted by Crippen LogP contribution is -2.28. The average Bonchev–Trinajstić information content (AvgIpc) is 2.99. The Kier molecular flexibility index (Phi) is 5.88. The highest BCUT2D eigenvalue weighted by Crippen LogP contribution is 2.32. The van der Waals surface area contributed by atoms with Crippen molar-refractivity contribution in [2.45, 2.75) is 44.6 Å². The first kappa shape index (κ1) is 11.7. The summed E-state index contributed by atoms with van der Waals surface area (Å²) < 4.78 is 0. The topological polar surface area (TPSA) is 32.3 Å². The van der Waals surface area contributed by atoms with Crippen LogP contribution in [-0.4, -0.2) is 24.3 Å². The quantitative estimate of drug-likeness (QED) is 0.438. The van der Waals surface area contributed by atoms with Crippen molar-refractivity contribution in [3.8, 4) is 0 Å². The summed E-state index contributed by atoms with van der Waals surface area (Å²) in [5.74, 6) is 0.600. The second kappa shape index (κ2) is 7.02. The van der Waals surface area contributed by atoms with E-state index in [-0.39, 0.29) is 6.10 Å². The van der Waals surface area contributed by atoms with E-state index in [4.69, 9.17) is 0 Å². The normalized spacial score (nSPS) is 18.1. The lowest BCUT2D eigenvalue weighted by Gasteiger charge is -2.09. The Balaban J connectivity index is 1.77. The standard InChI is InChI=1S/C12H23NO/c1-2-3-4-5-6-9-13-10-12(14)11-7-8-11/h2,11-14H,1,3-10H2. The molecule has 1 aliphatic carbocycles. The molecule has 82 valence electrons. The van der Waals surface area contributed by atoms with Gasteiger partial charge in [0.25, 0.3) is 0 Å². The summed E-state index contributed by atoms with van der Waals surface area (Å²) in [6.45, 7) is 5.52. The molecule has 0 radical (unpaired) electrons. The Morgan fingerprint density at radius 2 is 2.14 bits per heavy atom. The van der Waals surface area contributed by atoms with Gasteiger partial charge in [0.05, 0.1) is 6.10 Å². The molecule has 0 heterocycles. The molecule has 1 fully saturated rings. The van der Waals surface area contributed by atoms with Crippen molar-refractivity contribution in [2.75, 3.05) is 13.1 Å². The lowest BCUT2D eigenvalue weighted by molar-refractivity contribution is 0.149. The van der Waals surface area contributed by atoms with Crippen LogP contribution in [-0.2, 0) is 0 Å². The molecule has 1 rings (SSSR count). The molecule has 0 aliphatic heterocycles. The fraction of sp³-hybridized carbons (Fsp3) is 0.833. The van der Waals surface area contributed by atoms with Crippen LogP contribution in [0, 0.1) is 5.92 Å². The molecule has 0 aromatic rings. The van der Waals surface area contributed by atoms with Crippen LogP contribution in [0.4, 0.5) is 0 Å². The molecule has 2 heteroatoms. The number of aliphatic hydroxyl groups is 1. The first-order valence-electron chi connectivity index (χ1n) is 5.84. The van der Waals surface area contributed by atoms with E-state index < -0.39 is 0 Å². The molecule has 0 saturated heterocycles. The summed E-state index contributed by atoms with van der Waals surface area (Å²) in [6, 6.07) is 0. The van der Waals surface area contributed by atoms with Gasteiger partial charge in [-0.1, -0.05) is 12.5 Å². The van der Waals surface area contributed by atoms with E-state index in [2.05, 4.69) is 11.9 Å². The van der Waals surface area contributed by atoms with E-state index in [9.17, 15) is 5.11 Å². The number of aliphatic hydroxyl groups excluding tert-OH is 1. The van der Waals surface area contributed by atoms with Gasteiger partial charge in [0.15, 0.2) is 0 Å². The average molecular weight is 197 g/mol. The van der Waals surface area contributed by atoms with Crippen molar-refractivity contribution in [3.05, 3.63) is 12.7 Å². The smallest absolute Gasteiger partial charge is 0.0692 e. The molecule has 0 spiro atoms. The summed E-state index contributed by atoms with van der Waals surface area (Å²) in [6.07, 6.45) is 9.18. The number of hydrogen-bond acceptors (Lipinski definition) is 2. The Labute approximate surface area is 87.4 Å². The minimum absolute atomic E-state index is 0.0943. The van der Waals surface area contributed by atoms with E-state index in [1.165, 1.54) is 32.1 Å². The molecule has 1 unspecified atom stereocenters. The van der Waals surface area contributed by atoms with Crippen LogP contribution in [0.1, 0.15) is 38.5 Å². The maximum Gasteiger partial charge on any atom is 0.0692 e. The summed E-state index contributed by atoms with van der Waals surface area (Å²) in [7, 11) is 0. The molecule has 2 N–H and O–H groups in total. The monoisotopic (exact) mass is 197 g/mol. The van der Waals surface area contributed by atoms with E-state index in [1.807, 2.05) is 6.08 Å². The SMILES string of the molecule is C=CCCCCCNCC(O)C1CC1. The highest BCUT2D eigenvalue weighted by Gasteiger charge is 2.28. The third kappa shape index (κ3) is 5.40. The number of rotatable bonds is 9. The van der Waals surface area contributed by atoms with Crippen molar-refractivity contribution < 1.29 is 5.11 Å². The molecule has 2 nitrogen and oxygen atoms in total. The van der Waals surface area contributed by atoms with Crippen LogP contribution in [0.25, 0.3) is 0 Å². The van der Waals surface area contributed by atoms with E-state index >= 15 is 0 Å². The zero-order valence-electron chi connectivity index (χ0n) is 9.04. The van der Waals surface area contributed by atoms with Gasteiger partial charge in [-0.25, -0.2) is 0 Å². The number of allylic oxidation sites excluding steroid dienone is 1. The van der Waals surface area contributed by atoms with Crippen molar-refractivity contribution in [2.24, 2.45) is 5.92 Å². The molecule has 0 aromatic heterocycles. The first-order valence-corrected chi connectivity index (χ1v) is 5.84. The van der Waals surface area contributed by atoms with Crippen LogP contribution in [0.3, 0.4) is 0 Å². The van der Waals surface area contributed by atoms with Gasteiger partial charge in [-0.15, -0.1) is 6.58 Å². The van der Waals surface area contributed by atoms with Crippen molar-refractivity contribution >= 4 is 0 Å². The zero-order chi connectivity index (χ0) is 10.2. The third-order valence-electron chi connectivity index (χ3n) is 2.78. The van der Waals surface area contributed by atoms with Gasteiger partial charge < -0.3 is 10.4 Å². The second-order valence-corrected chi connectivity index (χ2v) is 4.25. The summed E-state index contributed by atoms with van der Waals surface area (Å²) in [4.78, 5) is 0. The predicted molar refractivity (Wildman–Crippen MR) is 60.3 cm³/mol. The molecule has 1 saturated carbocycles. The van der Waals surface area contributed by atoms with E-state index in [0.717, 1.165) is 19.5 Å². The van der Waals surface area contributed by atoms with Gasteiger partial charge in [0.2, 0.25) is 0 Å². The Bertz CT molecular complexity index is 154. The first-order chi connectivity index (χ1) is 6.84. The Hall–Kier alpha value is -0.340. The van der Waals surface area contributed by atoms with Gasteiger partial charge >= 0.3 is 0 Å². The highest BCUT2D eigenvalue weighted by molar-refractivity contribution is 4.81. The second-order valence-electron chi connectivity index (χ2n) is 4.25. The number of hydrogen-bond donors (Lipinski definition) is 2. The minimum Gasteiger partial charge on any atom is -0.392 e. The fourth-order valence-corrected chi connectivity index (χ4v) is 1.61. The van der Waals surface area contributed by atoms with Crippen LogP contribution in [0.2, 0.25) is 0 Å². The molecular weight excluding hydrogens is 174 g/mol. The number of nitrogens with one attached hydrogen (secondary N) is 1. The molecule has 0 bridgehead atoms. The lowest BCUT2D eigenvalue weighted by atomic mass is 10.2. The van der Waals surface area contributed by atoms with Crippen LogP contribution < -0.4 is 5.32 Å². The van der Waals surface area contributed by atoms with Crippen LogP contribution in [0.5, 0.6) is 0 Å². The molecule has 0 aromatic carbocycles. The van der Waals surface area contributed by atoms with Crippen molar-refractivity contribution in [3.63, 3.8) is 0 Å². The maximum atomic E-state index is 9.55. The summed E-state index contributed by atoms with van der Waals surface area (Å²) in [5, 5.41) is 12.9. The van der Waals surface area contributed by atoms with Crippen LogP contribution >= 0.6 is 0 Å². The van der Waals surface area contributed by atoms with Gasteiger partial charge in [-0.2, -0.15) is 0 Å². The molecule has 1 atom stereocenters. The molecule has 1 aliphatic rings. The number of unbranched alkanes of at least 4 members (excludes halogenated alkanes) is 3. The van der Waals surface area contributed by atoms with Gasteiger partial charge in [-0.05, 0) is 44.6 Å². The van der Waals surface area contributed by atoms with E-state index in [0.29, 0.717) is 5.92 Å². The van der Waals surface area contributed by atoms with E-state index in [1.54, 1.807) is 0 Å². The largest absolute Gasteiger partial charge is 0.392 e. The zero-order valence-corrected chi connectivity index (χ0v) is 9.04. The van der Waals surface area contributed by atoms with Crippen molar-refractivity contribution in [1.29, 1.82) is 0 Å². The van der Waals surface area contributed by atoms with Gasteiger partial charge in [0.1, 0.15) is 0 Å². The van der Waals surface area contributed by atoms with Crippen molar-refractivity contribution in [1.82, 2.24) is 5.32 Å². The fourth-order valence-electron chi connectivity index (χ4n) is 1.61. The predicted octanol–water partition coefficient (Wildman–Crippen LogP) is 2.09. The summed E-state index contributed by atoms with van der Waals surface area (Å²) >= 11 is 0.